The van der Waals surface area contributed by atoms with E-state index >= 15 is 4.39 Å². The maximum atomic E-state index is 15.4. The molecule has 1 heterocycles. The molecular weight excluding hydrogens is 388 g/mol. The number of fused-ring (bicyclic) bond motifs is 1. The molecule has 0 radical (unpaired) electrons. The number of rotatable bonds is 3. The van der Waals surface area contributed by atoms with Crippen LogP contribution in [0.25, 0.3) is 0 Å². The highest BCUT2D eigenvalue weighted by molar-refractivity contribution is 6.31. The molecule has 1 amide bonds. The first-order valence-corrected chi connectivity index (χ1v) is 8.47. The number of hydrogen-bond acceptors (Lipinski definition) is 3. The number of aliphatic hydroxyl groups excluding tert-OH is 1. The summed E-state index contributed by atoms with van der Waals surface area (Å²) in [5.41, 5.74) is -3.29. The van der Waals surface area contributed by atoms with Crippen LogP contribution in [-0.4, -0.2) is 16.0 Å². The van der Waals surface area contributed by atoms with Gasteiger partial charge in [0.2, 0.25) is 5.67 Å². The fourth-order valence-corrected chi connectivity index (χ4v) is 3.25. The first-order chi connectivity index (χ1) is 12.6. The lowest BCUT2D eigenvalue weighted by atomic mass is 9.81. The first kappa shape index (κ1) is 19.6. The molecule has 0 bridgehead atoms. The molecule has 0 saturated heterocycles. The summed E-state index contributed by atoms with van der Waals surface area (Å²) in [7, 11) is 0. The number of carbonyl (C=O) groups is 1. The molecule has 2 aromatic rings. The standard InChI is InChI=1S/C18H15ClF4N2O2/c19-13-4-3-11(18(21,22)23)8-10(13)9-25-16(27)17(20)6-5-14(26)15-12(17)2-1-7-24-15/h1-4,7-8,14,26H,5-6,9H2,(H,25,27). The van der Waals surface area contributed by atoms with Crippen LogP contribution in [0.4, 0.5) is 17.6 Å². The summed E-state index contributed by atoms with van der Waals surface area (Å²) >= 11 is 5.89. The molecule has 2 atom stereocenters. The summed E-state index contributed by atoms with van der Waals surface area (Å²) in [5.74, 6) is -1.02. The molecule has 0 fully saturated rings. The number of halogens is 5. The monoisotopic (exact) mass is 402 g/mol. The van der Waals surface area contributed by atoms with Gasteiger partial charge in [-0.3, -0.25) is 9.78 Å². The molecule has 0 aliphatic heterocycles. The molecule has 2 N–H and O–H groups in total. The van der Waals surface area contributed by atoms with Crippen molar-refractivity contribution in [2.24, 2.45) is 0 Å². The van der Waals surface area contributed by atoms with Crippen LogP contribution in [0.1, 0.15) is 41.3 Å². The van der Waals surface area contributed by atoms with Crippen LogP contribution in [0.2, 0.25) is 5.02 Å². The SMILES string of the molecule is O=C(NCc1cc(C(F)(F)F)ccc1Cl)C1(F)CCC(O)c2ncccc21. The maximum Gasteiger partial charge on any atom is 0.416 e. The van der Waals surface area contributed by atoms with Crippen molar-refractivity contribution in [3.05, 3.63) is 63.9 Å². The topological polar surface area (TPSA) is 62.2 Å². The highest BCUT2D eigenvalue weighted by Crippen LogP contribution is 2.42. The van der Waals surface area contributed by atoms with Crippen molar-refractivity contribution in [2.45, 2.75) is 37.3 Å². The summed E-state index contributed by atoms with van der Waals surface area (Å²) in [6.07, 6.45) is -4.42. The second kappa shape index (κ2) is 7.09. The Bertz CT molecular complexity index is 875. The summed E-state index contributed by atoms with van der Waals surface area (Å²) in [5, 5.41) is 12.3. The quantitative estimate of drug-likeness (QED) is 0.761. The van der Waals surface area contributed by atoms with E-state index in [2.05, 4.69) is 10.3 Å². The smallest absolute Gasteiger partial charge is 0.387 e. The predicted octanol–water partition coefficient (Wildman–Crippen LogP) is 4.06. The van der Waals surface area contributed by atoms with E-state index in [0.29, 0.717) is 0 Å². The average molecular weight is 403 g/mol. The molecule has 4 nitrogen and oxygen atoms in total. The van der Waals surface area contributed by atoms with Crippen LogP contribution in [0.15, 0.2) is 36.5 Å². The first-order valence-electron chi connectivity index (χ1n) is 8.09. The van der Waals surface area contributed by atoms with Crippen LogP contribution in [0.3, 0.4) is 0 Å². The largest absolute Gasteiger partial charge is 0.416 e. The maximum absolute atomic E-state index is 15.4. The Morgan fingerprint density at radius 3 is 2.81 bits per heavy atom. The number of hydrogen-bond donors (Lipinski definition) is 2. The molecule has 1 aliphatic carbocycles. The third kappa shape index (κ3) is 3.77. The molecule has 1 aliphatic rings. The molecule has 9 heteroatoms. The molecular formula is C18H15ClF4N2O2. The van der Waals surface area contributed by atoms with Gasteiger partial charge < -0.3 is 10.4 Å². The average Bonchev–Trinajstić information content (AvgIpc) is 2.63. The van der Waals surface area contributed by atoms with Crippen LogP contribution < -0.4 is 5.32 Å². The lowest BCUT2D eigenvalue weighted by Gasteiger charge is -2.32. The minimum absolute atomic E-state index is 0.00174. The Morgan fingerprint density at radius 1 is 1.37 bits per heavy atom. The van der Waals surface area contributed by atoms with E-state index in [1.165, 1.54) is 18.3 Å². The Labute approximate surface area is 157 Å². The van der Waals surface area contributed by atoms with E-state index in [1.807, 2.05) is 0 Å². The van der Waals surface area contributed by atoms with Gasteiger partial charge in [0.1, 0.15) is 0 Å². The zero-order valence-corrected chi connectivity index (χ0v) is 14.6. The van der Waals surface area contributed by atoms with E-state index in [1.54, 1.807) is 0 Å². The Hall–Kier alpha value is -2.19. The normalized spacial score (nSPS) is 22.2. The van der Waals surface area contributed by atoms with Crippen LogP contribution in [0, 0.1) is 0 Å². The Kier molecular flexibility index (Phi) is 5.14. The van der Waals surface area contributed by atoms with Crippen LogP contribution >= 0.6 is 11.6 Å². The Morgan fingerprint density at radius 2 is 2.11 bits per heavy atom. The predicted molar refractivity (Wildman–Crippen MR) is 89.5 cm³/mol. The lowest BCUT2D eigenvalue weighted by Crippen LogP contribution is -2.44. The molecule has 1 aromatic carbocycles. The molecule has 0 saturated carbocycles. The van der Waals surface area contributed by atoms with Crippen LogP contribution in [0.5, 0.6) is 0 Å². The van der Waals surface area contributed by atoms with Crippen molar-refractivity contribution < 1.29 is 27.5 Å². The Balaban J connectivity index is 1.82. The fraction of sp³-hybridized carbons (Fsp3) is 0.333. The van der Waals surface area contributed by atoms with Gasteiger partial charge in [0.25, 0.3) is 5.91 Å². The van der Waals surface area contributed by atoms with Gasteiger partial charge in [-0.25, -0.2) is 4.39 Å². The summed E-state index contributed by atoms with van der Waals surface area (Å²) in [6, 6.07) is 5.53. The number of alkyl halides is 4. The molecule has 144 valence electrons. The van der Waals surface area contributed by atoms with Gasteiger partial charge in [0.15, 0.2) is 0 Å². The van der Waals surface area contributed by atoms with E-state index < -0.39 is 29.4 Å². The summed E-state index contributed by atoms with van der Waals surface area (Å²) in [6.45, 7) is -0.370. The van der Waals surface area contributed by atoms with E-state index in [4.69, 9.17) is 11.6 Å². The van der Waals surface area contributed by atoms with E-state index in [0.717, 1.165) is 18.2 Å². The molecule has 3 rings (SSSR count). The van der Waals surface area contributed by atoms with Crippen molar-refractivity contribution in [3.8, 4) is 0 Å². The van der Waals surface area contributed by atoms with Gasteiger partial charge >= 0.3 is 6.18 Å². The minimum atomic E-state index is -4.56. The van der Waals surface area contributed by atoms with Gasteiger partial charge in [-0.2, -0.15) is 13.2 Å². The highest BCUT2D eigenvalue weighted by Gasteiger charge is 2.46. The summed E-state index contributed by atoms with van der Waals surface area (Å²) in [4.78, 5) is 16.4. The zero-order chi connectivity index (χ0) is 19.8. The number of pyridine rings is 1. The molecule has 27 heavy (non-hydrogen) atoms. The van der Waals surface area contributed by atoms with Crippen LogP contribution in [-0.2, 0) is 23.2 Å². The van der Waals surface area contributed by atoms with Crippen molar-refractivity contribution in [3.63, 3.8) is 0 Å². The summed E-state index contributed by atoms with van der Waals surface area (Å²) < 4.78 is 53.9. The third-order valence-corrected chi connectivity index (χ3v) is 4.88. The third-order valence-electron chi connectivity index (χ3n) is 4.52. The van der Waals surface area contributed by atoms with Gasteiger partial charge in [0, 0.05) is 23.3 Å². The van der Waals surface area contributed by atoms with Crippen molar-refractivity contribution in [2.75, 3.05) is 0 Å². The van der Waals surface area contributed by atoms with Gasteiger partial charge in [0.05, 0.1) is 17.4 Å². The van der Waals surface area contributed by atoms with E-state index in [9.17, 15) is 23.1 Å². The fourth-order valence-electron chi connectivity index (χ4n) is 3.06. The number of carbonyl (C=O) groups excluding carboxylic acids is 1. The van der Waals surface area contributed by atoms with E-state index in [-0.39, 0.29) is 41.2 Å². The minimum Gasteiger partial charge on any atom is -0.387 e. The highest BCUT2D eigenvalue weighted by atomic mass is 35.5. The second-order valence-corrected chi connectivity index (χ2v) is 6.69. The number of nitrogens with one attached hydrogen (secondary N) is 1. The number of benzene rings is 1. The molecule has 1 aromatic heterocycles. The molecule has 2 unspecified atom stereocenters. The van der Waals surface area contributed by atoms with Crippen molar-refractivity contribution >= 4 is 17.5 Å². The van der Waals surface area contributed by atoms with Gasteiger partial charge in [-0.1, -0.05) is 17.7 Å². The van der Waals surface area contributed by atoms with Crippen molar-refractivity contribution in [1.82, 2.24) is 10.3 Å². The van der Waals surface area contributed by atoms with Gasteiger partial charge in [-0.15, -0.1) is 0 Å². The van der Waals surface area contributed by atoms with Crippen molar-refractivity contribution in [1.29, 1.82) is 0 Å². The number of aliphatic hydroxyl groups is 1. The number of amides is 1. The number of nitrogens with zero attached hydrogens (tertiary/aromatic N) is 1. The number of aromatic nitrogens is 1. The zero-order valence-electron chi connectivity index (χ0n) is 13.9. The molecule has 0 spiro atoms. The second-order valence-electron chi connectivity index (χ2n) is 6.28. The van der Waals surface area contributed by atoms with Gasteiger partial charge in [-0.05, 0) is 42.7 Å². The lowest BCUT2D eigenvalue weighted by molar-refractivity contribution is -0.137.